The number of hydrogen-bond acceptors (Lipinski definition) is 5. The van der Waals surface area contributed by atoms with Crippen LogP contribution in [0.15, 0.2) is 54.6 Å². The van der Waals surface area contributed by atoms with Crippen LogP contribution in [0.5, 0.6) is 5.75 Å². The Morgan fingerprint density at radius 1 is 1.15 bits per heavy atom. The van der Waals surface area contributed by atoms with Crippen LogP contribution in [0.3, 0.4) is 0 Å². The monoisotopic (exact) mass is 357 g/mol. The highest BCUT2D eigenvalue weighted by Crippen LogP contribution is 2.15. The Hall–Kier alpha value is -3.09. The van der Waals surface area contributed by atoms with Crippen LogP contribution in [-0.2, 0) is 4.79 Å². The number of carbonyl (C=O) groups is 1. The van der Waals surface area contributed by atoms with E-state index in [0.29, 0.717) is 32.5 Å². The molecular weight excluding hydrogens is 334 g/mol. The predicted octanol–water partition coefficient (Wildman–Crippen LogP) is 3.32. The van der Waals surface area contributed by atoms with Gasteiger partial charge in [-0.05, 0) is 30.7 Å². The van der Waals surface area contributed by atoms with Crippen LogP contribution in [0.1, 0.15) is 12.8 Å². The Kier molecular flexibility index (Phi) is 7.42. The Morgan fingerprint density at radius 3 is 2.50 bits per heavy atom. The lowest BCUT2D eigenvalue weighted by Gasteiger charge is -2.17. The molecule has 0 aromatic heterocycles. The molecule has 0 aliphatic carbocycles. The maximum atomic E-state index is 12.1. The molecule has 138 valence electrons. The Morgan fingerprint density at radius 2 is 1.85 bits per heavy atom. The lowest BCUT2D eigenvalue weighted by molar-refractivity contribution is -0.384. The highest BCUT2D eigenvalue weighted by atomic mass is 16.6. The van der Waals surface area contributed by atoms with E-state index < -0.39 is 4.92 Å². The molecule has 0 aliphatic rings. The van der Waals surface area contributed by atoms with Crippen molar-refractivity contribution < 1.29 is 14.5 Å². The van der Waals surface area contributed by atoms with Crippen molar-refractivity contribution in [1.82, 2.24) is 4.90 Å². The van der Waals surface area contributed by atoms with Crippen LogP contribution in [-0.4, -0.2) is 42.5 Å². The van der Waals surface area contributed by atoms with E-state index in [0.717, 1.165) is 11.4 Å². The van der Waals surface area contributed by atoms with Gasteiger partial charge in [0, 0.05) is 37.8 Å². The summed E-state index contributed by atoms with van der Waals surface area (Å²) in [6.07, 6.45) is 1.11. The first-order chi connectivity index (χ1) is 12.6. The van der Waals surface area contributed by atoms with Gasteiger partial charge in [-0.3, -0.25) is 14.9 Å². The summed E-state index contributed by atoms with van der Waals surface area (Å²) in [6.45, 7) is 1.61. The van der Waals surface area contributed by atoms with E-state index in [1.807, 2.05) is 30.3 Å². The number of nitro groups is 1. The summed E-state index contributed by atoms with van der Waals surface area (Å²) >= 11 is 0. The van der Waals surface area contributed by atoms with Crippen LogP contribution < -0.4 is 10.1 Å². The molecule has 0 saturated heterocycles. The van der Waals surface area contributed by atoms with Crippen LogP contribution in [0.4, 0.5) is 11.4 Å². The minimum absolute atomic E-state index is 0.0603. The molecule has 0 spiro atoms. The van der Waals surface area contributed by atoms with E-state index >= 15 is 0 Å². The van der Waals surface area contributed by atoms with Gasteiger partial charge in [-0.15, -0.1) is 0 Å². The zero-order chi connectivity index (χ0) is 18.8. The number of anilines is 1. The molecule has 0 fully saturated rings. The largest absolute Gasteiger partial charge is 0.492 e. The number of carbonyl (C=O) groups excluding carboxylic acids is 1. The summed E-state index contributed by atoms with van der Waals surface area (Å²) in [7, 11) is 1.76. The molecule has 7 nitrogen and oxygen atoms in total. The van der Waals surface area contributed by atoms with Gasteiger partial charge in [-0.1, -0.05) is 18.2 Å². The molecule has 26 heavy (non-hydrogen) atoms. The van der Waals surface area contributed by atoms with Crippen molar-refractivity contribution in [3.05, 3.63) is 64.7 Å². The van der Waals surface area contributed by atoms with Crippen molar-refractivity contribution in [2.75, 3.05) is 32.1 Å². The van der Waals surface area contributed by atoms with Crippen LogP contribution in [0.25, 0.3) is 0 Å². The minimum atomic E-state index is -0.431. The molecule has 0 saturated carbocycles. The summed E-state index contributed by atoms with van der Waals surface area (Å²) in [6, 6.07) is 15.7. The lowest BCUT2D eigenvalue weighted by atomic mass is 10.2. The fourth-order valence-corrected chi connectivity index (χ4v) is 2.31. The van der Waals surface area contributed by atoms with Crippen molar-refractivity contribution in [1.29, 1.82) is 0 Å². The van der Waals surface area contributed by atoms with Crippen molar-refractivity contribution in [2.24, 2.45) is 0 Å². The van der Waals surface area contributed by atoms with E-state index in [2.05, 4.69) is 5.32 Å². The molecule has 1 amide bonds. The van der Waals surface area contributed by atoms with Crippen molar-refractivity contribution in [2.45, 2.75) is 12.8 Å². The third-order valence-electron chi connectivity index (χ3n) is 3.84. The smallest absolute Gasteiger partial charge is 0.269 e. The fraction of sp³-hybridized carbons (Fsp3) is 0.316. The van der Waals surface area contributed by atoms with E-state index in [1.165, 1.54) is 12.1 Å². The second-order valence-corrected chi connectivity index (χ2v) is 5.81. The number of non-ortho nitro benzene ring substituents is 1. The Bertz CT molecular complexity index is 704. The van der Waals surface area contributed by atoms with Crippen molar-refractivity contribution >= 4 is 17.3 Å². The van der Waals surface area contributed by atoms with Gasteiger partial charge < -0.3 is 15.0 Å². The normalized spacial score (nSPS) is 10.2. The summed E-state index contributed by atoms with van der Waals surface area (Å²) in [5, 5.41) is 13.8. The predicted molar refractivity (Wildman–Crippen MR) is 100 cm³/mol. The fourth-order valence-electron chi connectivity index (χ4n) is 2.31. The van der Waals surface area contributed by atoms with Gasteiger partial charge in [0.05, 0.1) is 11.5 Å². The molecule has 0 aliphatic heterocycles. The molecule has 2 aromatic rings. The number of nitrogens with zero attached hydrogens (tertiary/aromatic N) is 2. The maximum Gasteiger partial charge on any atom is 0.269 e. The molecule has 1 N–H and O–H groups in total. The summed E-state index contributed by atoms with van der Waals surface area (Å²) in [5.74, 6) is 0.854. The molecule has 0 bridgehead atoms. The molecule has 0 radical (unpaired) electrons. The van der Waals surface area contributed by atoms with Gasteiger partial charge in [-0.25, -0.2) is 0 Å². The number of nitro benzene ring substituents is 1. The number of rotatable bonds is 10. The maximum absolute atomic E-state index is 12.1. The first kappa shape index (κ1) is 19.2. The zero-order valence-corrected chi connectivity index (χ0v) is 14.8. The number of nitrogens with one attached hydrogen (secondary N) is 1. The Balaban J connectivity index is 1.60. The molecule has 0 atom stereocenters. The summed E-state index contributed by atoms with van der Waals surface area (Å²) in [5.41, 5.74) is 0.859. The van der Waals surface area contributed by atoms with Gasteiger partial charge in [0.25, 0.3) is 5.69 Å². The van der Waals surface area contributed by atoms with Crippen LogP contribution in [0, 0.1) is 10.1 Å². The average molecular weight is 357 g/mol. The van der Waals surface area contributed by atoms with Gasteiger partial charge in [0.1, 0.15) is 12.4 Å². The van der Waals surface area contributed by atoms with Crippen molar-refractivity contribution in [3.8, 4) is 5.75 Å². The molecule has 7 heteroatoms. The second kappa shape index (κ2) is 10.0. The first-order valence-corrected chi connectivity index (χ1v) is 8.46. The quantitative estimate of drug-likeness (QED) is 0.400. The summed E-state index contributed by atoms with van der Waals surface area (Å²) in [4.78, 5) is 23.9. The SMILES string of the molecule is CN(CCOc1ccccc1)C(=O)CCCNc1ccc([N+](=O)[O-])cc1. The van der Waals surface area contributed by atoms with E-state index in [1.54, 1.807) is 24.1 Å². The number of hydrogen-bond donors (Lipinski definition) is 1. The van der Waals surface area contributed by atoms with Crippen molar-refractivity contribution in [3.63, 3.8) is 0 Å². The minimum Gasteiger partial charge on any atom is -0.492 e. The second-order valence-electron chi connectivity index (χ2n) is 5.81. The lowest BCUT2D eigenvalue weighted by Crippen LogP contribution is -2.31. The zero-order valence-electron chi connectivity index (χ0n) is 14.8. The molecule has 2 rings (SSSR count). The highest BCUT2D eigenvalue weighted by Gasteiger charge is 2.08. The molecule has 2 aromatic carbocycles. The number of likely N-dealkylation sites (N-methyl/N-ethyl adjacent to an activating group) is 1. The van der Waals surface area contributed by atoms with Crippen LogP contribution >= 0.6 is 0 Å². The third-order valence-corrected chi connectivity index (χ3v) is 3.84. The number of benzene rings is 2. The first-order valence-electron chi connectivity index (χ1n) is 8.46. The standard InChI is InChI=1S/C19H23N3O4/c1-21(14-15-26-18-6-3-2-4-7-18)19(23)8-5-13-20-16-9-11-17(12-10-16)22(24)25/h2-4,6-7,9-12,20H,5,8,13-15H2,1H3. The van der Waals surface area contributed by atoms with Gasteiger partial charge in [0.2, 0.25) is 5.91 Å². The Labute approximate surface area is 152 Å². The van der Waals surface area contributed by atoms with Gasteiger partial charge >= 0.3 is 0 Å². The molecule has 0 unspecified atom stereocenters. The highest BCUT2D eigenvalue weighted by molar-refractivity contribution is 5.75. The third kappa shape index (κ3) is 6.43. The summed E-state index contributed by atoms with van der Waals surface area (Å²) < 4.78 is 5.58. The number of ether oxygens (including phenoxy) is 1. The molecular formula is C19H23N3O4. The van der Waals surface area contributed by atoms with Gasteiger partial charge in [-0.2, -0.15) is 0 Å². The van der Waals surface area contributed by atoms with Crippen LogP contribution in [0.2, 0.25) is 0 Å². The number of para-hydroxylation sites is 1. The van der Waals surface area contributed by atoms with E-state index in [-0.39, 0.29) is 11.6 Å². The van der Waals surface area contributed by atoms with Gasteiger partial charge in [0.15, 0.2) is 0 Å². The van der Waals surface area contributed by atoms with E-state index in [4.69, 9.17) is 4.74 Å². The topological polar surface area (TPSA) is 84.7 Å². The molecule has 0 heterocycles. The van der Waals surface area contributed by atoms with E-state index in [9.17, 15) is 14.9 Å². The number of amides is 1. The average Bonchev–Trinajstić information content (AvgIpc) is 2.66.